The molecular formula is C22H18Cl2N4O4S2. The monoisotopic (exact) mass is 536 g/mol. The SMILES string of the molecule is O=C1C(Oc2c(Cl)cc(Cl)c3cccnc23)CCN1c1ccc(S(=O)(=O)Nc2nccs2)cc1.[HH]. The number of thiazole rings is 1. The summed E-state index contributed by atoms with van der Waals surface area (Å²) in [5.74, 6) is 0.0446. The van der Waals surface area contributed by atoms with Crippen molar-refractivity contribution in [3.05, 3.63) is 70.3 Å². The lowest BCUT2D eigenvalue weighted by Gasteiger charge is -2.19. The summed E-state index contributed by atoms with van der Waals surface area (Å²) < 4.78 is 33.5. The third kappa shape index (κ3) is 4.29. The van der Waals surface area contributed by atoms with Gasteiger partial charge in [0.1, 0.15) is 5.52 Å². The number of fused-ring (bicyclic) bond motifs is 1. The molecule has 0 bridgehead atoms. The fourth-order valence-electron chi connectivity index (χ4n) is 3.67. The Labute approximate surface area is 210 Å². The van der Waals surface area contributed by atoms with Crippen LogP contribution in [0.5, 0.6) is 5.75 Å². The molecule has 176 valence electrons. The molecule has 1 saturated heterocycles. The molecule has 1 fully saturated rings. The van der Waals surface area contributed by atoms with Gasteiger partial charge in [0.25, 0.3) is 15.9 Å². The first-order chi connectivity index (χ1) is 16.3. The van der Waals surface area contributed by atoms with E-state index in [1.165, 1.54) is 29.7 Å². The average Bonchev–Trinajstić information content (AvgIpc) is 3.46. The topological polar surface area (TPSA) is 101 Å². The van der Waals surface area contributed by atoms with Crippen LogP contribution in [0.1, 0.15) is 7.85 Å². The standard InChI is InChI=1S/C22H16Cl2N4O4S2.H2/c23-16-12-17(24)20(19-15(16)2-1-8-25-19)32-18-7-10-28(21(18)29)13-3-5-14(6-4-13)34(30,31)27-22-26-9-11-33-22;/h1-6,8-9,11-12,18H,7,10H2,(H,26,27);1H. The Bertz CT molecular complexity index is 1490. The van der Waals surface area contributed by atoms with Gasteiger partial charge in [-0.05, 0) is 42.5 Å². The van der Waals surface area contributed by atoms with Crippen molar-refractivity contribution >= 4 is 72.2 Å². The van der Waals surface area contributed by atoms with Crippen LogP contribution in [-0.2, 0) is 14.8 Å². The van der Waals surface area contributed by atoms with E-state index in [4.69, 9.17) is 27.9 Å². The molecule has 0 spiro atoms. The van der Waals surface area contributed by atoms with E-state index in [0.29, 0.717) is 40.3 Å². The number of hydrogen-bond acceptors (Lipinski definition) is 7. The van der Waals surface area contributed by atoms with Gasteiger partial charge in [-0.2, -0.15) is 0 Å². The molecule has 5 rings (SSSR count). The zero-order valence-corrected chi connectivity index (χ0v) is 20.5. The van der Waals surface area contributed by atoms with E-state index in [-0.39, 0.29) is 22.4 Å². The van der Waals surface area contributed by atoms with E-state index >= 15 is 0 Å². The van der Waals surface area contributed by atoms with Gasteiger partial charge in [-0.3, -0.25) is 14.5 Å². The number of ether oxygens (including phenoxy) is 1. The maximum atomic E-state index is 13.1. The minimum atomic E-state index is -3.78. The van der Waals surface area contributed by atoms with Crippen LogP contribution in [0.25, 0.3) is 10.9 Å². The number of pyridine rings is 1. The molecule has 1 aliphatic rings. The van der Waals surface area contributed by atoms with E-state index in [0.717, 1.165) is 0 Å². The summed E-state index contributed by atoms with van der Waals surface area (Å²) in [4.78, 5) is 23.0. The first kappa shape index (κ1) is 22.9. The molecular weight excluding hydrogens is 519 g/mol. The van der Waals surface area contributed by atoms with E-state index < -0.39 is 16.1 Å². The van der Waals surface area contributed by atoms with E-state index in [2.05, 4.69) is 14.7 Å². The van der Waals surface area contributed by atoms with Gasteiger partial charge >= 0.3 is 0 Å². The van der Waals surface area contributed by atoms with Gasteiger partial charge in [0.05, 0.1) is 14.9 Å². The van der Waals surface area contributed by atoms with Gasteiger partial charge in [-0.1, -0.05) is 23.2 Å². The fourth-order valence-corrected chi connectivity index (χ4v) is 6.02. The van der Waals surface area contributed by atoms with Crippen molar-refractivity contribution in [2.45, 2.75) is 17.4 Å². The van der Waals surface area contributed by atoms with Crippen molar-refractivity contribution in [1.29, 1.82) is 0 Å². The molecule has 2 aromatic heterocycles. The van der Waals surface area contributed by atoms with Crippen molar-refractivity contribution in [3.8, 4) is 5.75 Å². The second-order valence-corrected chi connectivity index (χ2v) is 10.8. The van der Waals surface area contributed by atoms with Gasteiger partial charge in [-0.25, -0.2) is 13.4 Å². The molecule has 1 unspecified atom stereocenters. The Hall–Kier alpha value is -2.92. The molecule has 0 radical (unpaired) electrons. The van der Waals surface area contributed by atoms with Crippen LogP contribution in [0.3, 0.4) is 0 Å². The lowest BCUT2D eigenvalue weighted by molar-refractivity contribution is -0.122. The Morgan fingerprint density at radius 1 is 1.12 bits per heavy atom. The highest BCUT2D eigenvalue weighted by Gasteiger charge is 2.35. The number of aromatic nitrogens is 2. The molecule has 1 atom stereocenters. The van der Waals surface area contributed by atoms with E-state index in [9.17, 15) is 13.2 Å². The summed E-state index contributed by atoms with van der Waals surface area (Å²) >= 11 is 13.8. The largest absolute Gasteiger partial charge is 0.477 e. The highest BCUT2D eigenvalue weighted by atomic mass is 35.5. The maximum Gasteiger partial charge on any atom is 0.268 e. The highest BCUT2D eigenvalue weighted by Crippen LogP contribution is 2.38. The molecule has 1 amide bonds. The van der Waals surface area contributed by atoms with E-state index in [1.54, 1.807) is 46.8 Å². The average molecular weight is 537 g/mol. The predicted octanol–water partition coefficient (Wildman–Crippen LogP) is 5.23. The Kier molecular flexibility index (Phi) is 6.07. The number of rotatable bonds is 6. The highest BCUT2D eigenvalue weighted by molar-refractivity contribution is 7.93. The number of nitrogens with zero attached hydrogens (tertiary/aromatic N) is 3. The van der Waals surface area contributed by atoms with Crippen molar-refractivity contribution in [1.82, 2.24) is 9.97 Å². The second-order valence-electron chi connectivity index (χ2n) is 7.39. The molecule has 3 heterocycles. The number of carbonyl (C=O) groups excluding carboxylic acids is 1. The number of carbonyl (C=O) groups is 1. The van der Waals surface area contributed by atoms with Crippen molar-refractivity contribution in [3.63, 3.8) is 0 Å². The maximum absolute atomic E-state index is 13.1. The van der Waals surface area contributed by atoms with Gasteiger partial charge in [-0.15, -0.1) is 11.3 Å². The summed E-state index contributed by atoms with van der Waals surface area (Å²) in [6, 6.07) is 11.2. The zero-order chi connectivity index (χ0) is 23.9. The second kappa shape index (κ2) is 9.03. The Morgan fingerprint density at radius 3 is 2.65 bits per heavy atom. The predicted molar refractivity (Wildman–Crippen MR) is 135 cm³/mol. The number of nitrogens with one attached hydrogen (secondary N) is 1. The molecule has 2 aromatic carbocycles. The van der Waals surface area contributed by atoms with Crippen LogP contribution in [0.4, 0.5) is 10.8 Å². The third-order valence-corrected chi connectivity index (χ3v) is 8.05. The summed E-state index contributed by atoms with van der Waals surface area (Å²) in [6.45, 7) is 0.406. The van der Waals surface area contributed by atoms with Crippen molar-refractivity contribution in [2.75, 3.05) is 16.2 Å². The quantitative estimate of drug-likeness (QED) is 0.362. The number of sulfonamides is 1. The van der Waals surface area contributed by atoms with Gasteiger partial charge in [0, 0.05) is 43.2 Å². The molecule has 0 saturated carbocycles. The molecule has 1 aliphatic heterocycles. The molecule has 4 aromatic rings. The van der Waals surface area contributed by atoms with Crippen LogP contribution in [-0.4, -0.2) is 36.9 Å². The lowest BCUT2D eigenvalue weighted by Crippen LogP contribution is -2.32. The van der Waals surface area contributed by atoms with Gasteiger partial charge < -0.3 is 9.64 Å². The first-order valence-corrected chi connectivity index (χ1v) is 13.2. The smallest absolute Gasteiger partial charge is 0.268 e. The summed E-state index contributed by atoms with van der Waals surface area (Å²) in [7, 11) is -3.78. The van der Waals surface area contributed by atoms with Gasteiger partial charge in [0.15, 0.2) is 17.0 Å². The van der Waals surface area contributed by atoms with E-state index in [1.807, 2.05) is 0 Å². The Balaban J connectivity index is 0.00000289. The summed E-state index contributed by atoms with van der Waals surface area (Å²) in [5.41, 5.74) is 1.04. The summed E-state index contributed by atoms with van der Waals surface area (Å²) in [6.07, 6.45) is 2.78. The summed E-state index contributed by atoms with van der Waals surface area (Å²) in [5, 5.41) is 3.34. The van der Waals surface area contributed by atoms with Crippen molar-refractivity contribution < 1.29 is 19.4 Å². The normalized spacial score (nSPS) is 16.2. The van der Waals surface area contributed by atoms with Crippen LogP contribution < -0.4 is 14.4 Å². The third-order valence-electron chi connectivity index (χ3n) is 5.28. The fraction of sp³-hybridized carbons (Fsp3) is 0.136. The van der Waals surface area contributed by atoms with Gasteiger partial charge in [0.2, 0.25) is 0 Å². The molecule has 12 heteroatoms. The number of halogens is 2. The molecule has 1 N–H and O–H groups in total. The van der Waals surface area contributed by atoms with Crippen LogP contribution in [0.15, 0.2) is 65.1 Å². The number of hydrogen-bond donors (Lipinski definition) is 1. The van der Waals surface area contributed by atoms with Crippen molar-refractivity contribution in [2.24, 2.45) is 0 Å². The van der Waals surface area contributed by atoms with Crippen LogP contribution >= 0.6 is 34.5 Å². The van der Waals surface area contributed by atoms with Crippen LogP contribution in [0, 0.1) is 0 Å². The lowest BCUT2D eigenvalue weighted by atomic mass is 10.2. The molecule has 0 aliphatic carbocycles. The minimum Gasteiger partial charge on any atom is -0.477 e. The molecule has 34 heavy (non-hydrogen) atoms. The number of benzene rings is 2. The number of anilines is 2. The first-order valence-electron chi connectivity index (χ1n) is 10.1. The minimum absolute atomic E-state index is 0. The number of amides is 1. The molecule has 8 nitrogen and oxygen atoms in total. The van der Waals surface area contributed by atoms with Crippen LogP contribution in [0.2, 0.25) is 10.0 Å². The Morgan fingerprint density at radius 2 is 1.91 bits per heavy atom. The zero-order valence-electron chi connectivity index (χ0n) is 17.3.